The Balaban J connectivity index is 1.84. The highest BCUT2D eigenvalue weighted by molar-refractivity contribution is 7.99. The molecule has 0 N–H and O–H groups in total. The van der Waals surface area contributed by atoms with E-state index in [0.29, 0.717) is 17.3 Å². The molecule has 5 nitrogen and oxygen atoms in total. The van der Waals surface area contributed by atoms with Gasteiger partial charge in [0.2, 0.25) is 5.91 Å². The van der Waals surface area contributed by atoms with Gasteiger partial charge in [-0.3, -0.25) is 9.69 Å². The zero-order chi connectivity index (χ0) is 21.9. The molecule has 7 heteroatoms. The molecule has 0 radical (unpaired) electrons. The second-order valence-corrected chi connectivity index (χ2v) is 9.87. The zero-order valence-electron chi connectivity index (χ0n) is 17.7. The summed E-state index contributed by atoms with van der Waals surface area (Å²) in [6, 6.07) is 16.6. The largest absolute Gasteiger partial charge is 0.444 e. The summed E-state index contributed by atoms with van der Waals surface area (Å²) in [5.74, 6) is 0.401. The first-order valence-corrected chi connectivity index (χ1v) is 11.3. The van der Waals surface area contributed by atoms with Crippen LogP contribution in [0.25, 0.3) is 0 Å². The lowest BCUT2D eigenvalue weighted by atomic mass is 10.1. The summed E-state index contributed by atoms with van der Waals surface area (Å²) in [5, 5.41) is 0.317. The number of halogens is 1. The molecule has 1 saturated heterocycles. The number of ether oxygens (including phenoxy) is 1. The number of hydrogen-bond acceptors (Lipinski definition) is 4. The Labute approximate surface area is 187 Å². The fourth-order valence-corrected chi connectivity index (χ4v) is 4.84. The van der Waals surface area contributed by atoms with Gasteiger partial charge < -0.3 is 9.64 Å². The van der Waals surface area contributed by atoms with Gasteiger partial charge in [-0.2, -0.15) is 0 Å². The van der Waals surface area contributed by atoms with E-state index in [4.69, 9.17) is 16.3 Å². The van der Waals surface area contributed by atoms with Gasteiger partial charge in [0.1, 0.15) is 17.0 Å². The van der Waals surface area contributed by atoms with Gasteiger partial charge in [-0.15, -0.1) is 11.8 Å². The third kappa shape index (κ3) is 5.49. The number of rotatable bonds is 4. The molecule has 30 heavy (non-hydrogen) atoms. The Morgan fingerprint density at radius 1 is 1.13 bits per heavy atom. The molecule has 160 valence electrons. The third-order valence-corrected chi connectivity index (χ3v) is 6.26. The molecule has 1 heterocycles. The SMILES string of the molecule is CN(Cc1ccccc1)C(=O)[C@H]1CS[C@@H](c2ccc(Cl)cc2)N1C(=O)OC(C)(C)C. The van der Waals surface area contributed by atoms with Crippen LogP contribution in [-0.2, 0) is 16.1 Å². The Kier molecular flexibility index (Phi) is 6.98. The van der Waals surface area contributed by atoms with Crippen molar-refractivity contribution < 1.29 is 14.3 Å². The minimum absolute atomic E-state index is 0.103. The first-order valence-electron chi connectivity index (χ1n) is 9.83. The van der Waals surface area contributed by atoms with Crippen molar-refractivity contribution in [3.63, 3.8) is 0 Å². The van der Waals surface area contributed by atoms with Crippen LogP contribution in [0.1, 0.15) is 37.3 Å². The highest BCUT2D eigenvalue weighted by atomic mass is 35.5. The van der Waals surface area contributed by atoms with Gasteiger partial charge in [-0.25, -0.2) is 4.79 Å². The van der Waals surface area contributed by atoms with E-state index < -0.39 is 17.7 Å². The second-order valence-electron chi connectivity index (χ2n) is 8.32. The molecular weight excluding hydrogens is 420 g/mol. The molecule has 2 atom stereocenters. The molecule has 3 rings (SSSR count). The van der Waals surface area contributed by atoms with Crippen molar-refractivity contribution in [2.24, 2.45) is 0 Å². The number of carbonyl (C=O) groups is 2. The van der Waals surface area contributed by atoms with E-state index in [1.807, 2.05) is 63.2 Å². The minimum Gasteiger partial charge on any atom is -0.444 e. The predicted octanol–water partition coefficient (Wildman–Crippen LogP) is 5.35. The van der Waals surface area contributed by atoms with Crippen molar-refractivity contribution in [1.82, 2.24) is 9.80 Å². The Bertz CT molecular complexity index is 884. The summed E-state index contributed by atoms with van der Waals surface area (Å²) in [6.07, 6.45) is -0.487. The fraction of sp³-hybridized carbons (Fsp3) is 0.391. The molecule has 0 saturated carbocycles. The van der Waals surface area contributed by atoms with Gasteiger partial charge in [-0.05, 0) is 44.0 Å². The van der Waals surface area contributed by atoms with Crippen molar-refractivity contribution in [3.05, 3.63) is 70.7 Å². The van der Waals surface area contributed by atoms with Crippen molar-refractivity contribution in [2.45, 2.75) is 44.3 Å². The van der Waals surface area contributed by atoms with Crippen LogP contribution in [-0.4, -0.2) is 46.2 Å². The van der Waals surface area contributed by atoms with Crippen molar-refractivity contribution in [1.29, 1.82) is 0 Å². The molecule has 1 fully saturated rings. The second kappa shape index (κ2) is 9.31. The topological polar surface area (TPSA) is 49.9 Å². The molecule has 0 bridgehead atoms. The van der Waals surface area contributed by atoms with Crippen LogP contribution in [0.15, 0.2) is 54.6 Å². The standard InChI is InChI=1S/C23H27ClN2O3S/c1-23(2,3)29-22(28)26-19(15-30-21(26)17-10-12-18(24)13-11-17)20(27)25(4)14-16-8-6-5-7-9-16/h5-13,19,21H,14-15H2,1-4H3/t19-,21+/m1/s1. The average Bonchev–Trinajstić information content (AvgIpc) is 3.12. The Hall–Kier alpha value is -2.18. The number of amides is 2. The molecule has 1 aliphatic rings. The summed E-state index contributed by atoms with van der Waals surface area (Å²) >= 11 is 7.59. The molecule has 1 aliphatic heterocycles. The monoisotopic (exact) mass is 446 g/mol. The maximum Gasteiger partial charge on any atom is 0.412 e. The number of thioether (sulfide) groups is 1. The molecule has 2 amide bonds. The smallest absolute Gasteiger partial charge is 0.412 e. The van der Waals surface area contributed by atoms with Crippen molar-refractivity contribution >= 4 is 35.4 Å². The molecule has 0 aliphatic carbocycles. The third-order valence-electron chi connectivity index (χ3n) is 4.68. The fourth-order valence-electron chi connectivity index (χ4n) is 3.31. The normalized spacial score (nSPS) is 18.9. The van der Waals surface area contributed by atoms with Crippen LogP contribution < -0.4 is 0 Å². The number of likely N-dealkylation sites (N-methyl/N-ethyl adjacent to an activating group) is 1. The lowest BCUT2D eigenvalue weighted by molar-refractivity contribution is -0.135. The van der Waals surface area contributed by atoms with Gasteiger partial charge in [0, 0.05) is 24.4 Å². The molecular formula is C23H27ClN2O3S. The average molecular weight is 447 g/mol. The first-order chi connectivity index (χ1) is 14.2. The van der Waals surface area contributed by atoms with Crippen LogP contribution in [0.3, 0.4) is 0 Å². The number of carbonyl (C=O) groups excluding carboxylic acids is 2. The van der Waals surface area contributed by atoms with Gasteiger partial charge in [-0.1, -0.05) is 54.1 Å². The summed E-state index contributed by atoms with van der Waals surface area (Å²) in [6.45, 7) is 5.95. The lowest BCUT2D eigenvalue weighted by Crippen LogP contribution is -2.49. The van der Waals surface area contributed by atoms with E-state index in [1.54, 1.807) is 40.7 Å². The molecule has 0 aromatic heterocycles. The Morgan fingerprint density at radius 2 is 1.77 bits per heavy atom. The minimum atomic E-state index is -0.654. The summed E-state index contributed by atoms with van der Waals surface area (Å²) in [5.41, 5.74) is 1.30. The van der Waals surface area contributed by atoms with Crippen LogP contribution in [0.5, 0.6) is 0 Å². The predicted molar refractivity (Wildman–Crippen MR) is 121 cm³/mol. The van der Waals surface area contributed by atoms with Crippen molar-refractivity contribution in [3.8, 4) is 0 Å². The van der Waals surface area contributed by atoms with Crippen LogP contribution in [0.4, 0.5) is 4.79 Å². The summed E-state index contributed by atoms with van der Waals surface area (Å²) < 4.78 is 5.65. The number of hydrogen-bond donors (Lipinski definition) is 0. The quantitative estimate of drug-likeness (QED) is 0.635. The van der Waals surface area contributed by atoms with E-state index in [-0.39, 0.29) is 11.3 Å². The van der Waals surface area contributed by atoms with Crippen LogP contribution in [0, 0.1) is 0 Å². The maximum absolute atomic E-state index is 13.3. The molecule has 0 spiro atoms. The van der Waals surface area contributed by atoms with E-state index in [9.17, 15) is 9.59 Å². The highest BCUT2D eigenvalue weighted by Crippen LogP contribution is 2.43. The zero-order valence-corrected chi connectivity index (χ0v) is 19.2. The van der Waals surface area contributed by atoms with E-state index in [0.717, 1.165) is 11.1 Å². The summed E-state index contributed by atoms with van der Waals surface area (Å²) in [4.78, 5) is 29.6. The van der Waals surface area contributed by atoms with Gasteiger partial charge >= 0.3 is 6.09 Å². The number of benzene rings is 2. The van der Waals surface area contributed by atoms with E-state index in [2.05, 4.69) is 0 Å². The number of nitrogens with zero attached hydrogens (tertiary/aromatic N) is 2. The Morgan fingerprint density at radius 3 is 2.37 bits per heavy atom. The van der Waals surface area contributed by atoms with E-state index in [1.165, 1.54) is 0 Å². The van der Waals surface area contributed by atoms with Gasteiger partial charge in [0.05, 0.1) is 0 Å². The van der Waals surface area contributed by atoms with Crippen LogP contribution in [0.2, 0.25) is 5.02 Å². The van der Waals surface area contributed by atoms with Gasteiger partial charge in [0.15, 0.2) is 0 Å². The molecule has 0 unspecified atom stereocenters. The highest BCUT2D eigenvalue weighted by Gasteiger charge is 2.45. The lowest BCUT2D eigenvalue weighted by Gasteiger charge is -2.33. The van der Waals surface area contributed by atoms with Crippen molar-refractivity contribution in [2.75, 3.05) is 12.8 Å². The molecule has 2 aromatic rings. The van der Waals surface area contributed by atoms with Gasteiger partial charge in [0.25, 0.3) is 0 Å². The summed E-state index contributed by atoms with van der Waals surface area (Å²) in [7, 11) is 1.77. The van der Waals surface area contributed by atoms with E-state index >= 15 is 0 Å². The molecule has 2 aromatic carbocycles. The maximum atomic E-state index is 13.3. The first kappa shape index (κ1) is 22.5. The van der Waals surface area contributed by atoms with Crippen LogP contribution >= 0.6 is 23.4 Å².